The summed E-state index contributed by atoms with van der Waals surface area (Å²) in [6.07, 6.45) is 2.15. The number of carboxylic acid groups (broad SMARTS) is 1. The highest BCUT2D eigenvalue weighted by molar-refractivity contribution is 7.07. The minimum atomic E-state index is -0.708. The van der Waals surface area contributed by atoms with Gasteiger partial charge in [0.05, 0.1) is 6.42 Å². The fourth-order valence-electron chi connectivity index (χ4n) is 1.42. The Labute approximate surface area is 88.6 Å². The van der Waals surface area contributed by atoms with Crippen LogP contribution in [0, 0.1) is 5.41 Å². The maximum absolute atomic E-state index is 10.6. The number of aryl methyl sites for hydroxylation is 1. The van der Waals surface area contributed by atoms with Crippen molar-refractivity contribution in [3.05, 3.63) is 22.4 Å². The molecule has 78 valence electrons. The maximum Gasteiger partial charge on any atom is 0.303 e. The highest BCUT2D eigenvalue weighted by atomic mass is 32.1. The summed E-state index contributed by atoms with van der Waals surface area (Å²) >= 11 is 1.69. The van der Waals surface area contributed by atoms with Gasteiger partial charge in [0.25, 0.3) is 0 Å². The molecule has 1 N–H and O–H groups in total. The van der Waals surface area contributed by atoms with E-state index in [0.29, 0.717) is 0 Å². The van der Waals surface area contributed by atoms with Crippen LogP contribution < -0.4 is 0 Å². The Kier molecular flexibility index (Phi) is 3.69. The zero-order valence-electron chi connectivity index (χ0n) is 8.62. The fourth-order valence-corrected chi connectivity index (χ4v) is 2.12. The lowest BCUT2D eigenvalue weighted by molar-refractivity contribution is -0.139. The summed E-state index contributed by atoms with van der Waals surface area (Å²) in [6.45, 7) is 4.01. The van der Waals surface area contributed by atoms with Gasteiger partial charge in [0.1, 0.15) is 0 Å². The molecule has 0 aromatic carbocycles. The first-order valence-corrected chi connectivity index (χ1v) is 5.67. The Morgan fingerprint density at radius 2 is 2.29 bits per heavy atom. The van der Waals surface area contributed by atoms with E-state index in [0.717, 1.165) is 12.8 Å². The minimum Gasteiger partial charge on any atom is -0.481 e. The molecular formula is C11H16O2S. The first-order chi connectivity index (χ1) is 6.49. The second-order valence-electron chi connectivity index (χ2n) is 4.37. The number of carbonyl (C=O) groups is 1. The predicted octanol–water partition coefficient (Wildman–Crippen LogP) is 3.18. The van der Waals surface area contributed by atoms with Crippen molar-refractivity contribution in [1.82, 2.24) is 0 Å². The normalized spacial score (nSPS) is 11.6. The second-order valence-corrected chi connectivity index (χ2v) is 5.15. The summed E-state index contributed by atoms with van der Waals surface area (Å²) in [4.78, 5) is 10.6. The quantitative estimate of drug-likeness (QED) is 0.814. The zero-order chi connectivity index (χ0) is 10.6. The number of carboxylic acids is 1. The monoisotopic (exact) mass is 212 g/mol. The Morgan fingerprint density at radius 3 is 2.79 bits per heavy atom. The van der Waals surface area contributed by atoms with Gasteiger partial charge in [0.15, 0.2) is 0 Å². The molecule has 0 aliphatic rings. The van der Waals surface area contributed by atoms with Crippen LogP contribution in [0.2, 0.25) is 0 Å². The summed E-state index contributed by atoms with van der Waals surface area (Å²) < 4.78 is 0. The van der Waals surface area contributed by atoms with Gasteiger partial charge >= 0.3 is 5.97 Å². The van der Waals surface area contributed by atoms with Crippen LogP contribution in [-0.2, 0) is 11.2 Å². The minimum absolute atomic E-state index is 0.103. The molecule has 0 aliphatic heterocycles. The van der Waals surface area contributed by atoms with E-state index < -0.39 is 5.97 Å². The van der Waals surface area contributed by atoms with E-state index in [1.54, 1.807) is 11.3 Å². The first-order valence-electron chi connectivity index (χ1n) is 4.72. The summed E-state index contributed by atoms with van der Waals surface area (Å²) in [5, 5.41) is 12.9. The van der Waals surface area contributed by atoms with E-state index in [1.165, 1.54) is 5.56 Å². The molecule has 1 aromatic rings. The lowest BCUT2D eigenvalue weighted by Crippen LogP contribution is -2.17. The first kappa shape index (κ1) is 11.2. The van der Waals surface area contributed by atoms with E-state index in [9.17, 15) is 4.79 Å². The van der Waals surface area contributed by atoms with E-state index in [1.807, 2.05) is 13.8 Å². The highest BCUT2D eigenvalue weighted by Gasteiger charge is 2.21. The molecule has 0 spiro atoms. The molecule has 3 heteroatoms. The molecule has 0 fully saturated rings. The van der Waals surface area contributed by atoms with Gasteiger partial charge in [-0.1, -0.05) is 13.8 Å². The molecular weight excluding hydrogens is 196 g/mol. The summed E-state index contributed by atoms with van der Waals surface area (Å²) in [5.74, 6) is -0.708. The average Bonchev–Trinajstić information content (AvgIpc) is 2.50. The largest absolute Gasteiger partial charge is 0.481 e. The molecule has 0 radical (unpaired) electrons. The Balaban J connectivity index is 2.40. The van der Waals surface area contributed by atoms with Gasteiger partial charge in [0.2, 0.25) is 0 Å². The fraction of sp³-hybridized carbons (Fsp3) is 0.545. The van der Waals surface area contributed by atoms with E-state index >= 15 is 0 Å². The van der Waals surface area contributed by atoms with Crippen molar-refractivity contribution in [3.8, 4) is 0 Å². The third kappa shape index (κ3) is 3.92. The molecule has 1 heterocycles. The highest BCUT2D eigenvalue weighted by Crippen LogP contribution is 2.27. The van der Waals surface area contributed by atoms with Crippen molar-refractivity contribution in [2.45, 2.75) is 33.1 Å². The molecule has 0 aliphatic carbocycles. The topological polar surface area (TPSA) is 37.3 Å². The molecule has 1 rings (SSSR count). The van der Waals surface area contributed by atoms with Crippen LogP contribution in [0.25, 0.3) is 0 Å². The van der Waals surface area contributed by atoms with E-state index in [2.05, 4.69) is 16.8 Å². The standard InChI is InChI=1S/C11H16O2S/c1-11(2,7-10(12)13)5-3-9-4-6-14-8-9/h4,6,8H,3,5,7H2,1-2H3,(H,12,13). The lowest BCUT2D eigenvalue weighted by atomic mass is 9.83. The van der Waals surface area contributed by atoms with Gasteiger partial charge in [-0.15, -0.1) is 0 Å². The van der Waals surface area contributed by atoms with Crippen LogP contribution in [-0.4, -0.2) is 11.1 Å². The maximum atomic E-state index is 10.6. The van der Waals surface area contributed by atoms with Crippen molar-refractivity contribution in [2.24, 2.45) is 5.41 Å². The summed E-state index contributed by atoms with van der Waals surface area (Å²) in [5.41, 5.74) is 1.21. The number of hydrogen-bond donors (Lipinski definition) is 1. The Bertz CT molecular complexity index is 288. The number of rotatable bonds is 5. The Morgan fingerprint density at radius 1 is 1.57 bits per heavy atom. The molecule has 14 heavy (non-hydrogen) atoms. The third-order valence-corrected chi connectivity index (χ3v) is 3.03. The summed E-state index contributed by atoms with van der Waals surface area (Å²) in [7, 11) is 0. The molecule has 0 atom stereocenters. The van der Waals surface area contributed by atoms with Gasteiger partial charge in [0, 0.05) is 0 Å². The SMILES string of the molecule is CC(C)(CCc1ccsc1)CC(=O)O. The van der Waals surface area contributed by atoms with Crippen molar-refractivity contribution < 1.29 is 9.90 Å². The molecule has 0 unspecified atom stereocenters. The average molecular weight is 212 g/mol. The van der Waals surface area contributed by atoms with Crippen molar-refractivity contribution in [2.75, 3.05) is 0 Å². The Hall–Kier alpha value is -0.830. The van der Waals surface area contributed by atoms with Gasteiger partial charge in [-0.3, -0.25) is 4.79 Å². The van der Waals surface area contributed by atoms with Crippen LogP contribution >= 0.6 is 11.3 Å². The van der Waals surface area contributed by atoms with E-state index in [4.69, 9.17) is 5.11 Å². The second kappa shape index (κ2) is 4.60. The van der Waals surface area contributed by atoms with Crippen LogP contribution in [0.4, 0.5) is 0 Å². The van der Waals surface area contributed by atoms with Crippen molar-refractivity contribution in [1.29, 1.82) is 0 Å². The third-order valence-electron chi connectivity index (χ3n) is 2.30. The number of thiophene rings is 1. The van der Waals surface area contributed by atoms with Gasteiger partial charge < -0.3 is 5.11 Å². The van der Waals surface area contributed by atoms with Crippen LogP contribution in [0.15, 0.2) is 16.8 Å². The van der Waals surface area contributed by atoms with E-state index in [-0.39, 0.29) is 11.8 Å². The molecule has 2 nitrogen and oxygen atoms in total. The molecule has 0 bridgehead atoms. The molecule has 0 saturated carbocycles. The summed E-state index contributed by atoms with van der Waals surface area (Å²) in [6, 6.07) is 2.10. The van der Waals surface area contributed by atoms with Crippen LogP contribution in [0.3, 0.4) is 0 Å². The van der Waals surface area contributed by atoms with Gasteiger partial charge in [-0.25, -0.2) is 0 Å². The van der Waals surface area contributed by atoms with Gasteiger partial charge in [-0.2, -0.15) is 11.3 Å². The lowest BCUT2D eigenvalue weighted by Gasteiger charge is -2.21. The van der Waals surface area contributed by atoms with Gasteiger partial charge in [-0.05, 0) is 40.6 Å². The predicted molar refractivity (Wildman–Crippen MR) is 58.7 cm³/mol. The number of aliphatic carboxylic acids is 1. The van der Waals surface area contributed by atoms with Crippen LogP contribution in [0.5, 0.6) is 0 Å². The molecule has 0 saturated heterocycles. The number of hydrogen-bond acceptors (Lipinski definition) is 2. The zero-order valence-corrected chi connectivity index (χ0v) is 9.43. The smallest absolute Gasteiger partial charge is 0.303 e. The molecule has 1 aromatic heterocycles. The molecule has 0 amide bonds. The van der Waals surface area contributed by atoms with Crippen LogP contribution in [0.1, 0.15) is 32.3 Å². The van der Waals surface area contributed by atoms with Crippen molar-refractivity contribution in [3.63, 3.8) is 0 Å². The van der Waals surface area contributed by atoms with Crippen molar-refractivity contribution >= 4 is 17.3 Å².